The van der Waals surface area contributed by atoms with Crippen molar-refractivity contribution in [2.24, 2.45) is 5.92 Å². The van der Waals surface area contributed by atoms with E-state index in [1.165, 1.54) is 11.8 Å². The Hall–Kier alpha value is -1.04. The fourth-order valence-electron chi connectivity index (χ4n) is 2.52. The van der Waals surface area contributed by atoms with Crippen LogP contribution in [0.1, 0.15) is 58.8 Å². The maximum Gasteiger partial charge on any atom is 0.313 e. The Balaban J connectivity index is 3.03. The van der Waals surface area contributed by atoms with Crippen LogP contribution in [-0.2, 0) is 11.2 Å². The fraction of sp³-hybridized carbons (Fsp3) is 0.786. The van der Waals surface area contributed by atoms with E-state index in [1.54, 1.807) is 0 Å². The van der Waals surface area contributed by atoms with Gasteiger partial charge in [-0.25, -0.2) is 0 Å². The zero-order chi connectivity index (χ0) is 15.1. The van der Waals surface area contributed by atoms with Crippen LogP contribution in [-0.4, -0.2) is 31.6 Å². The zero-order valence-electron chi connectivity index (χ0n) is 12.8. The molecule has 0 amide bonds. The van der Waals surface area contributed by atoms with Crippen LogP contribution in [0, 0.1) is 5.92 Å². The number of aliphatic carboxylic acids is 1. The summed E-state index contributed by atoms with van der Waals surface area (Å²) in [6.07, 6.45) is 4.09. The summed E-state index contributed by atoms with van der Waals surface area (Å²) in [5.41, 5.74) is 0. The van der Waals surface area contributed by atoms with Crippen molar-refractivity contribution in [3.63, 3.8) is 0 Å². The van der Waals surface area contributed by atoms with E-state index in [4.69, 9.17) is 5.11 Å². The number of nitrogens with zero attached hydrogens (tertiary/aromatic N) is 3. The number of aryl methyl sites for hydroxylation is 1. The van der Waals surface area contributed by atoms with Crippen molar-refractivity contribution in [1.29, 1.82) is 0 Å². The number of carboxylic acids is 1. The lowest BCUT2D eigenvalue weighted by molar-refractivity contribution is -0.133. The summed E-state index contributed by atoms with van der Waals surface area (Å²) in [7, 11) is 0. The second-order valence-electron chi connectivity index (χ2n) is 5.02. The summed E-state index contributed by atoms with van der Waals surface area (Å²) >= 11 is 1.26. The normalized spacial score (nSPS) is 12.8. The van der Waals surface area contributed by atoms with E-state index < -0.39 is 5.97 Å². The molecule has 0 aliphatic carbocycles. The van der Waals surface area contributed by atoms with E-state index in [1.807, 2.05) is 0 Å². The average Bonchev–Trinajstić information content (AvgIpc) is 2.81. The van der Waals surface area contributed by atoms with Gasteiger partial charge in [-0.2, -0.15) is 0 Å². The van der Waals surface area contributed by atoms with E-state index in [-0.39, 0.29) is 5.75 Å². The summed E-state index contributed by atoms with van der Waals surface area (Å²) in [6.45, 7) is 8.69. The molecule has 1 atom stereocenters. The maximum atomic E-state index is 10.8. The molecule has 114 valence electrons. The number of aromatic nitrogens is 3. The van der Waals surface area contributed by atoms with Gasteiger partial charge in [-0.1, -0.05) is 45.4 Å². The van der Waals surface area contributed by atoms with Crippen LogP contribution >= 0.6 is 11.8 Å². The van der Waals surface area contributed by atoms with Gasteiger partial charge in [-0.05, 0) is 19.3 Å². The van der Waals surface area contributed by atoms with Gasteiger partial charge in [0, 0.05) is 12.5 Å². The Bertz CT molecular complexity index is 430. The molecular formula is C14H25N3O2S. The van der Waals surface area contributed by atoms with Crippen molar-refractivity contribution in [2.45, 2.75) is 64.6 Å². The van der Waals surface area contributed by atoms with Crippen molar-refractivity contribution in [3.8, 4) is 0 Å². The van der Waals surface area contributed by atoms with Crippen LogP contribution < -0.4 is 0 Å². The quantitative estimate of drug-likeness (QED) is 0.708. The second kappa shape index (κ2) is 8.29. The number of hydrogen-bond donors (Lipinski definition) is 1. The maximum absolute atomic E-state index is 10.8. The number of carbonyl (C=O) groups is 1. The van der Waals surface area contributed by atoms with E-state index in [0.717, 1.165) is 36.7 Å². The lowest BCUT2D eigenvalue weighted by Crippen LogP contribution is -2.19. The topological polar surface area (TPSA) is 68.0 Å². The van der Waals surface area contributed by atoms with Gasteiger partial charge in [-0.15, -0.1) is 10.2 Å². The molecule has 1 aromatic heterocycles. The molecule has 0 bridgehead atoms. The van der Waals surface area contributed by atoms with E-state index in [0.29, 0.717) is 12.0 Å². The van der Waals surface area contributed by atoms with Gasteiger partial charge in [0.1, 0.15) is 5.82 Å². The minimum Gasteiger partial charge on any atom is -0.481 e. The largest absolute Gasteiger partial charge is 0.481 e. The first-order valence-corrected chi connectivity index (χ1v) is 8.31. The van der Waals surface area contributed by atoms with Gasteiger partial charge >= 0.3 is 5.97 Å². The van der Waals surface area contributed by atoms with Crippen molar-refractivity contribution >= 4 is 17.7 Å². The highest BCUT2D eigenvalue weighted by Crippen LogP contribution is 2.30. The lowest BCUT2D eigenvalue weighted by atomic mass is 9.95. The van der Waals surface area contributed by atoms with Crippen LogP contribution in [0.15, 0.2) is 5.16 Å². The molecule has 0 spiro atoms. The van der Waals surface area contributed by atoms with Gasteiger partial charge < -0.3 is 9.67 Å². The molecule has 0 fully saturated rings. The Morgan fingerprint density at radius 2 is 1.95 bits per heavy atom. The van der Waals surface area contributed by atoms with Crippen molar-refractivity contribution < 1.29 is 9.90 Å². The summed E-state index contributed by atoms with van der Waals surface area (Å²) in [5, 5.41) is 18.0. The monoisotopic (exact) mass is 299 g/mol. The van der Waals surface area contributed by atoms with Gasteiger partial charge in [0.05, 0.1) is 5.75 Å². The van der Waals surface area contributed by atoms with Gasteiger partial charge in [0.2, 0.25) is 0 Å². The number of thioether (sulfide) groups is 1. The molecule has 1 N–H and O–H groups in total. The minimum absolute atomic E-state index is 0.0277. The molecular weight excluding hydrogens is 274 g/mol. The SMILES string of the molecule is CCCc1nnc(SCC(=O)O)n1C(C)C(CC)CC. The predicted octanol–water partition coefficient (Wildman–Crippen LogP) is 3.40. The van der Waals surface area contributed by atoms with Gasteiger partial charge in [0.15, 0.2) is 5.16 Å². The first-order chi connectivity index (χ1) is 9.54. The Morgan fingerprint density at radius 1 is 1.30 bits per heavy atom. The lowest BCUT2D eigenvalue weighted by Gasteiger charge is -2.25. The van der Waals surface area contributed by atoms with Crippen LogP contribution in [0.25, 0.3) is 0 Å². The fourth-order valence-corrected chi connectivity index (χ4v) is 3.28. The first-order valence-electron chi connectivity index (χ1n) is 7.33. The predicted molar refractivity (Wildman–Crippen MR) is 81.2 cm³/mol. The molecule has 1 aromatic rings. The molecule has 1 rings (SSSR count). The molecule has 0 aliphatic heterocycles. The highest BCUT2D eigenvalue weighted by Gasteiger charge is 2.23. The van der Waals surface area contributed by atoms with Crippen LogP contribution in [0.4, 0.5) is 0 Å². The molecule has 0 aromatic carbocycles. The number of hydrogen-bond acceptors (Lipinski definition) is 4. The third-order valence-electron chi connectivity index (χ3n) is 3.67. The highest BCUT2D eigenvalue weighted by molar-refractivity contribution is 7.99. The molecule has 0 saturated heterocycles. The molecule has 0 radical (unpaired) electrons. The molecule has 5 nitrogen and oxygen atoms in total. The zero-order valence-corrected chi connectivity index (χ0v) is 13.6. The second-order valence-corrected chi connectivity index (χ2v) is 5.96. The average molecular weight is 299 g/mol. The summed E-state index contributed by atoms with van der Waals surface area (Å²) in [4.78, 5) is 10.8. The number of carboxylic acid groups (broad SMARTS) is 1. The summed E-state index contributed by atoms with van der Waals surface area (Å²) < 4.78 is 2.15. The Labute approximate surface area is 125 Å². The van der Waals surface area contributed by atoms with E-state index >= 15 is 0 Å². The van der Waals surface area contributed by atoms with E-state index in [9.17, 15) is 4.79 Å². The number of rotatable bonds is 9. The van der Waals surface area contributed by atoms with Crippen molar-refractivity contribution in [1.82, 2.24) is 14.8 Å². The first kappa shape index (κ1) is 17.0. The molecule has 6 heteroatoms. The molecule has 20 heavy (non-hydrogen) atoms. The minimum atomic E-state index is -0.822. The summed E-state index contributed by atoms with van der Waals surface area (Å²) in [6, 6.07) is 0.304. The van der Waals surface area contributed by atoms with Crippen LogP contribution in [0.3, 0.4) is 0 Å². The molecule has 0 saturated carbocycles. The summed E-state index contributed by atoms with van der Waals surface area (Å²) in [5.74, 6) is 0.738. The van der Waals surface area contributed by atoms with Crippen molar-refractivity contribution in [3.05, 3.63) is 5.82 Å². The molecule has 1 unspecified atom stereocenters. The third kappa shape index (κ3) is 4.23. The molecule has 0 aliphatic rings. The highest BCUT2D eigenvalue weighted by atomic mass is 32.2. The smallest absolute Gasteiger partial charge is 0.313 e. The standard InChI is InChI=1S/C14H25N3O2S/c1-5-8-12-15-16-14(20-9-13(18)19)17(12)10(4)11(6-2)7-3/h10-11H,5-9H2,1-4H3,(H,18,19). The third-order valence-corrected chi connectivity index (χ3v) is 4.60. The van der Waals surface area contributed by atoms with Crippen LogP contribution in [0.5, 0.6) is 0 Å². The Morgan fingerprint density at radius 3 is 2.45 bits per heavy atom. The van der Waals surface area contributed by atoms with Crippen molar-refractivity contribution in [2.75, 3.05) is 5.75 Å². The van der Waals surface area contributed by atoms with Gasteiger partial charge in [-0.3, -0.25) is 4.79 Å². The van der Waals surface area contributed by atoms with E-state index in [2.05, 4.69) is 42.5 Å². The Kier molecular flexibility index (Phi) is 7.05. The van der Waals surface area contributed by atoms with Crippen LogP contribution in [0.2, 0.25) is 0 Å². The molecule has 1 heterocycles. The van der Waals surface area contributed by atoms with Gasteiger partial charge in [0.25, 0.3) is 0 Å².